The van der Waals surface area contributed by atoms with Gasteiger partial charge in [0, 0.05) is 23.5 Å². The maximum absolute atomic E-state index is 13.5. The lowest BCUT2D eigenvalue weighted by Crippen LogP contribution is -2.47. The SMILES string of the molecule is [C-]#[N+]C1=C(C)N(c2cccc(C(F)(F)F)c2)C(=O)C(C(=O)OCC)C1c1ccc(C#N)nc1. The van der Waals surface area contributed by atoms with Crippen molar-refractivity contribution in [1.82, 2.24) is 4.98 Å². The minimum atomic E-state index is -4.65. The number of nitrogens with zero attached hydrogens (tertiary/aromatic N) is 4. The highest BCUT2D eigenvalue weighted by molar-refractivity contribution is 6.10. The van der Waals surface area contributed by atoms with E-state index < -0.39 is 35.5 Å². The highest BCUT2D eigenvalue weighted by Crippen LogP contribution is 2.44. The number of allylic oxidation sites excluding steroid dienone is 2. The average Bonchev–Trinajstić information content (AvgIpc) is 2.78. The number of ether oxygens (including phenoxy) is 1. The van der Waals surface area contributed by atoms with Crippen LogP contribution in [0.4, 0.5) is 18.9 Å². The van der Waals surface area contributed by atoms with Gasteiger partial charge in [-0.3, -0.25) is 14.5 Å². The first kappa shape index (κ1) is 23.5. The number of amides is 1. The number of nitriles is 1. The van der Waals surface area contributed by atoms with Gasteiger partial charge in [-0.2, -0.15) is 18.4 Å². The summed E-state index contributed by atoms with van der Waals surface area (Å²) in [6.07, 6.45) is -3.35. The van der Waals surface area contributed by atoms with E-state index in [9.17, 15) is 22.8 Å². The number of carbonyl (C=O) groups is 2. The van der Waals surface area contributed by atoms with Crippen molar-refractivity contribution in [2.24, 2.45) is 5.92 Å². The van der Waals surface area contributed by atoms with Gasteiger partial charge in [-0.25, -0.2) is 9.83 Å². The van der Waals surface area contributed by atoms with Crippen LogP contribution in [0.15, 0.2) is 54.0 Å². The Morgan fingerprint density at radius 1 is 1.33 bits per heavy atom. The summed E-state index contributed by atoms with van der Waals surface area (Å²) in [6.45, 7) is 10.6. The number of hydrogen-bond donors (Lipinski definition) is 0. The largest absolute Gasteiger partial charge is 0.465 e. The van der Waals surface area contributed by atoms with Crippen LogP contribution in [0.1, 0.15) is 36.6 Å². The van der Waals surface area contributed by atoms with Crippen molar-refractivity contribution in [1.29, 1.82) is 5.26 Å². The van der Waals surface area contributed by atoms with Gasteiger partial charge in [0.1, 0.15) is 17.7 Å². The van der Waals surface area contributed by atoms with Gasteiger partial charge in [0.15, 0.2) is 5.70 Å². The summed E-state index contributed by atoms with van der Waals surface area (Å²) in [5, 5.41) is 8.99. The number of aromatic nitrogens is 1. The van der Waals surface area contributed by atoms with Crippen molar-refractivity contribution in [3.8, 4) is 6.07 Å². The van der Waals surface area contributed by atoms with Gasteiger partial charge >= 0.3 is 12.1 Å². The van der Waals surface area contributed by atoms with Crippen molar-refractivity contribution >= 4 is 17.6 Å². The predicted molar refractivity (Wildman–Crippen MR) is 110 cm³/mol. The van der Waals surface area contributed by atoms with Crippen LogP contribution in [0.3, 0.4) is 0 Å². The molecule has 1 aliphatic rings. The number of halogens is 3. The molecule has 2 unspecified atom stereocenters. The smallest absolute Gasteiger partial charge is 0.416 e. The molecular formula is C23H17F3N4O3. The number of hydrogen-bond acceptors (Lipinski definition) is 5. The van der Waals surface area contributed by atoms with E-state index in [1.807, 2.05) is 6.07 Å². The molecule has 2 aromatic rings. The van der Waals surface area contributed by atoms with Gasteiger partial charge in [-0.05, 0) is 43.7 Å². The van der Waals surface area contributed by atoms with Crippen LogP contribution in [0.5, 0.6) is 0 Å². The van der Waals surface area contributed by atoms with Gasteiger partial charge in [-0.15, -0.1) is 0 Å². The van der Waals surface area contributed by atoms with E-state index in [4.69, 9.17) is 16.6 Å². The highest BCUT2D eigenvalue weighted by atomic mass is 19.4. The van der Waals surface area contributed by atoms with Crippen LogP contribution in [0.25, 0.3) is 4.85 Å². The fourth-order valence-corrected chi connectivity index (χ4v) is 3.71. The average molecular weight is 454 g/mol. The lowest BCUT2D eigenvalue weighted by Gasteiger charge is -2.37. The third-order valence-electron chi connectivity index (χ3n) is 5.17. The number of rotatable bonds is 4. The van der Waals surface area contributed by atoms with Gasteiger partial charge in [0.25, 0.3) is 0 Å². The standard InChI is InChI=1S/C23H17F3N4O3/c1-4-33-22(32)19-18(14-8-9-16(11-27)29-12-14)20(28-3)13(2)30(21(19)31)17-7-5-6-15(10-17)23(24,25)26/h5-10,12,18-19H,4H2,1-2H3. The molecule has 0 fully saturated rings. The van der Waals surface area contributed by atoms with Gasteiger partial charge in [0.05, 0.1) is 18.7 Å². The molecule has 1 aromatic heterocycles. The van der Waals surface area contributed by atoms with Gasteiger partial charge in [0.2, 0.25) is 5.91 Å². The summed E-state index contributed by atoms with van der Waals surface area (Å²) < 4.78 is 44.8. The first-order valence-electron chi connectivity index (χ1n) is 9.76. The van der Waals surface area contributed by atoms with Crippen molar-refractivity contribution in [2.75, 3.05) is 11.5 Å². The van der Waals surface area contributed by atoms with E-state index >= 15 is 0 Å². The van der Waals surface area contributed by atoms with E-state index in [1.165, 1.54) is 31.3 Å². The van der Waals surface area contributed by atoms with Crippen LogP contribution in [0, 0.1) is 23.8 Å². The molecule has 10 heteroatoms. The van der Waals surface area contributed by atoms with Crippen molar-refractivity contribution in [2.45, 2.75) is 25.9 Å². The van der Waals surface area contributed by atoms with E-state index in [-0.39, 0.29) is 29.4 Å². The molecule has 1 amide bonds. The Labute approximate surface area is 187 Å². The molecule has 0 saturated carbocycles. The summed E-state index contributed by atoms with van der Waals surface area (Å²) in [6, 6.07) is 8.81. The lowest BCUT2D eigenvalue weighted by molar-refractivity contribution is -0.152. The van der Waals surface area contributed by atoms with E-state index in [1.54, 1.807) is 6.92 Å². The Morgan fingerprint density at radius 3 is 2.61 bits per heavy atom. The summed E-state index contributed by atoms with van der Waals surface area (Å²) in [5.74, 6) is -4.34. The minimum absolute atomic E-state index is 0.0171. The van der Waals surface area contributed by atoms with Crippen LogP contribution in [-0.4, -0.2) is 23.5 Å². The molecule has 2 heterocycles. The Balaban J connectivity index is 2.23. The normalized spacial score (nSPS) is 18.5. The fraction of sp³-hybridized carbons (Fsp3) is 0.261. The van der Waals surface area contributed by atoms with Crippen LogP contribution >= 0.6 is 0 Å². The van der Waals surface area contributed by atoms with Crippen molar-refractivity contribution < 1.29 is 27.5 Å². The molecule has 0 aliphatic carbocycles. The first-order valence-corrected chi connectivity index (χ1v) is 9.76. The summed E-state index contributed by atoms with van der Waals surface area (Å²) in [4.78, 5) is 34.8. The Bertz CT molecular complexity index is 1210. The molecule has 0 N–H and O–H groups in total. The summed E-state index contributed by atoms with van der Waals surface area (Å²) in [5.41, 5.74) is -0.602. The van der Waals surface area contributed by atoms with Crippen molar-refractivity contribution in [3.05, 3.63) is 82.2 Å². The first-order chi connectivity index (χ1) is 15.6. The van der Waals surface area contributed by atoms with Crippen LogP contribution in [-0.2, 0) is 20.5 Å². The topological polar surface area (TPSA) is 87.6 Å². The number of benzene rings is 1. The van der Waals surface area contributed by atoms with E-state index in [0.29, 0.717) is 5.56 Å². The molecule has 2 atom stereocenters. The second-order valence-electron chi connectivity index (χ2n) is 7.10. The number of carbonyl (C=O) groups excluding carboxylic acids is 2. The zero-order valence-corrected chi connectivity index (χ0v) is 17.6. The number of esters is 1. The summed E-state index contributed by atoms with van der Waals surface area (Å²) in [7, 11) is 0. The maximum atomic E-state index is 13.5. The summed E-state index contributed by atoms with van der Waals surface area (Å²) >= 11 is 0. The molecule has 0 saturated heterocycles. The molecule has 0 bridgehead atoms. The number of alkyl halides is 3. The predicted octanol–water partition coefficient (Wildman–Crippen LogP) is 4.43. The van der Waals surface area contributed by atoms with Gasteiger partial charge in [-0.1, -0.05) is 12.1 Å². The second kappa shape index (κ2) is 9.13. The Hall–Kier alpha value is -4.18. The molecule has 1 aromatic carbocycles. The zero-order chi connectivity index (χ0) is 24.3. The molecule has 0 spiro atoms. The van der Waals surface area contributed by atoms with Gasteiger partial charge < -0.3 is 4.74 Å². The number of anilines is 1. The van der Waals surface area contributed by atoms with Crippen LogP contribution in [0.2, 0.25) is 0 Å². The molecule has 1 aliphatic heterocycles. The molecule has 168 valence electrons. The van der Waals surface area contributed by atoms with E-state index in [2.05, 4.69) is 9.83 Å². The van der Waals surface area contributed by atoms with E-state index in [0.717, 1.165) is 23.1 Å². The molecule has 3 rings (SSSR count). The monoisotopic (exact) mass is 454 g/mol. The fourth-order valence-electron chi connectivity index (χ4n) is 3.71. The van der Waals surface area contributed by atoms with Crippen LogP contribution < -0.4 is 4.90 Å². The highest BCUT2D eigenvalue weighted by Gasteiger charge is 2.48. The second-order valence-corrected chi connectivity index (χ2v) is 7.10. The molecule has 7 nitrogen and oxygen atoms in total. The third kappa shape index (κ3) is 4.41. The molecule has 0 radical (unpaired) electrons. The van der Waals surface area contributed by atoms with Crippen molar-refractivity contribution in [3.63, 3.8) is 0 Å². The molecule has 33 heavy (non-hydrogen) atoms. The minimum Gasteiger partial charge on any atom is -0.465 e. The molecular weight excluding hydrogens is 437 g/mol. The third-order valence-corrected chi connectivity index (χ3v) is 5.17. The quantitative estimate of drug-likeness (QED) is 0.387. The Morgan fingerprint density at radius 2 is 2.06 bits per heavy atom. The number of pyridine rings is 1. The zero-order valence-electron chi connectivity index (χ0n) is 17.6. The lowest BCUT2D eigenvalue weighted by atomic mass is 9.79. The Kier molecular flexibility index (Phi) is 6.50. The maximum Gasteiger partial charge on any atom is 0.416 e.